The van der Waals surface area contributed by atoms with Gasteiger partial charge in [0.15, 0.2) is 11.1 Å². The molecule has 4 unspecified atom stereocenters. The topological polar surface area (TPSA) is 76.6 Å². The van der Waals surface area contributed by atoms with Gasteiger partial charge in [0.05, 0.1) is 17.9 Å². The summed E-state index contributed by atoms with van der Waals surface area (Å²) >= 11 is -1.33. The Morgan fingerprint density at radius 3 is 2.62 bits per heavy atom. The minimum Gasteiger partial charge on any atom is -0.298 e. The van der Waals surface area contributed by atoms with Crippen LogP contribution in [0.2, 0.25) is 0 Å². The Balaban J connectivity index is 2.25. The molecular weight excluding hydrogens is 286 g/mol. The van der Waals surface area contributed by atoms with E-state index in [0.29, 0.717) is 13.0 Å². The van der Waals surface area contributed by atoms with Gasteiger partial charge in [-0.1, -0.05) is 39.0 Å². The van der Waals surface area contributed by atoms with Crippen LogP contribution in [0.25, 0.3) is 0 Å². The van der Waals surface area contributed by atoms with Gasteiger partial charge in [0.25, 0.3) is 0 Å². The quantitative estimate of drug-likeness (QED) is 0.360. The van der Waals surface area contributed by atoms with E-state index < -0.39 is 11.1 Å². The third kappa shape index (κ3) is 6.78. The molecule has 1 saturated carbocycles. The molecule has 5 nitrogen and oxygen atoms in total. The lowest BCUT2D eigenvalue weighted by atomic mass is 9.91. The molecule has 0 spiro atoms. The predicted molar refractivity (Wildman–Crippen MR) is 86.6 cm³/mol. The zero-order valence-electron chi connectivity index (χ0n) is 13.2. The first-order valence-electron chi connectivity index (χ1n) is 8.12. The summed E-state index contributed by atoms with van der Waals surface area (Å²) in [7, 11) is 0. The van der Waals surface area contributed by atoms with Gasteiger partial charge in [0.2, 0.25) is 0 Å². The lowest BCUT2D eigenvalue weighted by molar-refractivity contribution is -0.230. The fraction of sp³-hybridized carbons (Fsp3) is 0.933. The Labute approximate surface area is 131 Å². The summed E-state index contributed by atoms with van der Waals surface area (Å²) in [5.41, 5.74) is 5.43. The summed E-state index contributed by atoms with van der Waals surface area (Å²) in [6.07, 6.45) is 9.61. The van der Waals surface area contributed by atoms with Crippen LogP contribution < -0.4 is 5.53 Å². The first kappa shape index (κ1) is 18.4. The average Bonchev–Trinajstić information content (AvgIpc) is 2.53. The van der Waals surface area contributed by atoms with E-state index in [4.69, 9.17) is 9.71 Å². The molecule has 21 heavy (non-hydrogen) atoms. The van der Waals surface area contributed by atoms with Gasteiger partial charge < -0.3 is 0 Å². The van der Waals surface area contributed by atoms with Crippen molar-refractivity contribution in [3.63, 3.8) is 0 Å². The molecule has 6 heteroatoms. The van der Waals surface area contributed by atoms with Crippen LogP contribution in [-0.4, -0.2) is 34.9 Å². The van der Waals surface area contributed by atoms with Crippen LogP contribution in [0.1, 0.15) is 64.7 Å². The maximum absolute atomic E-state index is 12.3. The summed E-state index contributed by atoms with van der Waals surface area (Å²) in [5, 5.41) is 3.72. The summed E-state index contributed by atoms with van der Waals surface area (Å²) in [5.74, 6) is 0. The van der Waals surface area contributed by atoms with Crippen molar-refractivity contribution in [3.8, 4) is 0 Å². The van der Waals surface area contributed by atoms with Crippen molar-refractivity contribution in [2.75, 3.05) is 6.61 Å². The molecule has 4 atom stereocenters. The Morgan fingerprint density at radius 1 is 1.24 bits per heavy atom. The van der Waals surface area contributed by atoms with Crippen LogP contribution >= 0.6 is 0 Å². The molecule has 0 aromatic rings. The molecule has 0 heterocycles. The molecule has 0 bridgehead atoms. The van der Waals surface area contributed by atoms with Crippen molar-refractivity contribution in [2.45, 2.75) is 82.0 Å². The Morgan fingerprint density at radius 2 is 1.95 bits per heavy atom. The zero-order valence-corrected chi connectivity index (χ0v) is 14.0. The van der Waals surface area contributed by atoms with Crippen molar-refractivity contribution in [2.24, 2.45) is 10.1 Å². The van der Waals surface area contributed by atoms with Crippen molar-refractivity contribution >= 4 is 17.8 Å². The van der Waals surface area contributed by atoms with E-state index in [-0.39, 0.29) is 17.3 Å². The number of nitrogens with zero attached hydrogens (tertiary/aromatic N) is 2. The van der Waals surface area contributed by atoms with Crippen molar-refractivity contribution in [1.82, 2.24) is 0 Å². The van der Waals surface area contributed by atoms with E-state index in [1.807, 2.05) is 0 Å². The van der Waals surface area contributed by atoms with Gasteiger partial charge in [-0.2, -0.15) is 5.53 Å². The SMILES string of the molecule is C=NC1CCC(N=[NH2+])C(S(=O)OCCCCCCCC)C1. The second-order valence-corrected chi connectivity index (χ2v) is 7.12. The first-order chi connectivity index (χ1) is 10.2. The zero-order chi connectivity index (χ0) is 15.5. The highest BCUT2D eigenvalue weighted by atomic mass is 32.2. The fourth-order valence-electron chi connectivity index (χ4n) is 2.75. The van der Waals surface area contributed by atoms with Crippen LogP contribution in [-0.2, 0) is 15.3 Å². The van der Waals surface area contributed by atoms with E-state index >= 15 is 0 Å². The summed E-state index contributed by atoms with van der Waals surface area (Å²) in [6, 6.07) is 0.0861. The van der Waals surface area contributed by atoms with E-state index in [1.54, 1.807) is 0 Å². The van der Waals surface area contributed by atoms with Crippen molar-refractivity contribution in [1.29, 1.82) is 0 Å². The highest BCUT2D eigenvalue weighted by Crippen LogP contribution is 2.27. The molecule has 0 saturated heterocycles. The number of hydrogen-bond donors (Lipinski definition) is 1. The second-order valence-electron chi connectivity index (χ2n) is 5.75. The average molecular weight is 316 g/mol. The van der Waals surface area contributed by atoms with Gasteiger partial charge in [-0.25, -0.2) is 4.21 Å². The second kappa shape index (κ2) is 11.0. The van der Waals surface area contributed by atoms with Gasteiger partial charge in [0.1, 0.15) is 6.04 Å². The van der Waals surface area contributed by atoms with Crippen LogP contribution in [0.4, 0.5) is 0 Å². The largest absolute Gasteiger partial charge is 0.298 e. The predicted octanol–water partition coefficient (Wildman–Crippen LogP) is 2.23. The van der Waals surface area contributed by atoms with Gasteiger partial charge in [-0.3, -0.25) is 9.18 Å². The maximum atomic E-state index is 12.3. The molecule has 1 rings (SSSR count). The van der Waals surface area contributed by atoms with Gasteiger partial charge in [0, 0.05) is 0 Å². The minimum absolute atomic E-state index is 0.0756. The summed E-state index contributed by atoms with van der Waals surface area (Å²) in [4.78, 5) is 4.06. The number of rotatable bonds is 11. The monoisotopic (exact) mass is 316 g/mol. The minimum atomic E-state index is -1.33. The highest BCUT2D eigenvalue weighted by molar-refractivity contribution is 7.80. The van der Waals surface area contributed by atoms with Crippen LogP contribution in [0.15, 0.2) is 10.1 Å². The first-order valence-corrected chi connectivity index (χ1v) is 9.26. The third-order valence-corrected chi connectivity index (χ3v) is 5.52. The number of hydrogen-bond acceptors (Lipinski definition) is 4. The molecule has 1 fully saturated rings. The third-order valence-electron chi connectivity index (χ3n) is 4.12. The standard InChI is InChI=1S/C15H29N3O2S/c1-3-4-5-6-7-8-11-20-21(19)15-12-13(17-2)9-10-14(15)18-16/h13-16H,2-12H2,1H3/p+1. The fourth-order valence-corrected chi connectivity index (χ4v) is 4.05. The van der Waals surface area contributed by atoms with Crippen LogP contribution in [0.3, 0.4) is 0 Å². The van der Waals surface area contributed by atoms with Gasteiger partial charge in [-0.05, 0) is 37.5 Å². The summed E-state index contributed by atoms with van der Waals surface area (Å²) < 4.78 is 17.8. The van der Waals surface area contributed by atoms with E-state index in [0.717, 1.165) is 25.7 Å². The molecule has 122 valence electrons. The van der Waals surface area contributed by atoms with Crippen LogP contribution in [0, 0.1) is 0 Å². The normalized spacial score (nSPS) is 27.2. The number of aliphatic imine (C=N–C) groups is 1. The molecule has 0 aliphatic heterocycles. The van der Waals surface area contributed by atoms with E-state index in [1.165, 1.54) is 25.7 Å². The van der Waals surface area contributed by atoms with Crippen LogP contribution in [0.5, 0.6) is 0 Å². The molecule has 0 aromatic carbocycles. The highest BCUT2D eigenvalue weighted by Gasteiger charge is 2.36. The molecular formula is C15H30N3O2S+. The van der Waals surface area contributed by atoms with Crippen molar-refractivity contribution < 1.29 is 13.9 Å². The number of unbranched alkanes of at least 4 members (excludes halogenated alkanes) is 5. The lowest BCUT2D eigenvalue weighted by Gasteiger charge is -2.28. The lowest BCUT2D eigenvalue weighted by Crippen LogP contribution is -2.43. The Kier molecular flexibility index (Phi) is 9.67. The Bertz CT molecular complexity index is 339. The van der Waals surface area contributed by atoms with E-state index in [9.17, 15) is 4.21 Å². The number of nitrogens with two attached hydrogens (primary N) is 1. The van der Waals surface area contributed by atoms with Crippen molar-refractivity contribution in [3.05, 3.63) is 0 Å². The summed E-state index contributed by atoms with van der Waals surface area (Å²) in [6.45, 7) is 6.35. The maximum Gasteiger partial charge on any atom is 0.161 e. The van der Waals surface area contributed by atoms with Gasteiger partial charge >= 0.3 is 0 Å². The van der Waals surface area contributed by atoms with E-state index in [2.05, 4.69) is 23.7 Å². The molecule has 1 aliphatic rings. The molecule has 0 amide bonds. The molecule has 0 radical (unpaired) electrons. The molecule has 2 N–H and O–H groups in total. The molecule has 1 aliphatic carbocycles. The Hall–Kier alpha value is -0.620. The molecule has 0 aromatic heterocycles. The smallest absolute Gasteiger partial charge is 0.161 e. The van der Waals surface area contributed by atoms with Gasteiger partial charge in [-0.15, -0.1) is 0 Å².